The van der Waals surface area contributed by atoms with E-state index >= 15 is 0 Å². The highest BCUT2D eigenvalue weighted by atomic mass is 35.5. The molecular formula is C22H18ClFN2O. The summed E-state index contributed by atoms with van der Waals surface area (Å²) in [4.78, 5) is 3.25. The van der Waals surface area contributed by atoms with Crippen LogP contribution in [0.3, 0.4) is 0 Å². The molecule has 3 nitrogen and oxygen atoms in total. The molecule has 136 valence electrons. The third-order valence-corrected chi connectivity index (χ3v) is 5.00. The summed E-state index contributed by atoms with van der Waals surface area (Å²) in [5.74, 6) is -0.0426. The normalized spacial score (nSPS) is 11.1. The van der Waals surface area contributed by atoms with Gasteiger partial charge in [0.15, 0.2) is 0 Å². The van der Waals surface area contributed by atoms with Gasteiger partial charge in [-0.1, -0.05) is 23.7 Å². The number of aromatic amines is 1. The molecule has 0 bridgehead atoms. The van der Waals surface area contributed by atoms with Crippen molar-refractivity contribution in [3.63, 3.8) is 0 Å². The lowest BCUT2D eigenvalue weighted by atomic mass is 9.99. The summed E-state index contributed by atoms with van der Waals surface area (Å²) in [6.07, 6.45) is 0. The Balaban J connectivity index is 1.82. The second-order valence-corrected chi connectivity index (χ2v) is 6.93. The van der Waals surface area contributed by atoms with Gasteiger partial charge in [0, 0.05) is 22.7 Å². The molecule has 0 saturated carbocycles. The minimum Gasteiger partial charge on any atom is -0.497 e. The van der Waals surface area contributed by atoms with Crippen LogP contribution >= 0.6 is 11.6 Å². The molecule has 0 spiro atoms. The van der Waals surface area contributed by atoms with Crippen LogP contribution in [0.25, 0.3) is 33.3 Å². The zero-order chi connectivity index (χ0) is 19.1. The van der Waals surface area contributed by atoms with Crippen LogP contribution in [0, 0.1) is 12.7 Å². The Morgan fingerprint density at radius 1 is 1.04 bits per heavy atom. The lowest BCUT2D eigenvalue weighted by molar-refractivity contribution is 0.411. The zero-order valence-corrected chi connectivity index (χ0v) is 15.7. The van der Waals surface area contributed by atoms with Crippen LogP contribution in [0.5, 0.6) is 5.75 Å². The van der Waals surface area contributed by atoms with E-state index in [1.807, 2.05) is 43.3 Å². The molecule has 1 aromatic heterocycles. The second-order valence-electron chi connectivity index (χ2n) is 6.53. The average Bonchev–Trinajstić information content (AvgIpc) is 3.03. The number of anilines is 1. The van der Waals surface area contributed by atoms with Crippen LogP contribution in [0.1, 0.15) is 5.56 Å². The summed E-state index contributed by atoms with van der Waals surface area (Å²) in [6, 6.07) is 16.8. The fraction of sp³-hybridized carbons (Fsp3) is 0.0909. The molecule has 0 atom stereocenters. The highest BCUT2D eigenvalue weighted by Gasteiger charge is 2.15. The number of fused-ring (bicyclic) bond motifs is 1. The van der Waals surface area contributed by atoms with Gasteiger partial charge in [0.05, 0.1) is 23.4 Å². The first-order chi connectivity index (χ1) is 13.0. The van der Waals surface area contributed by atoms with Gasteiger partial charge in [0.25, 0.3) is 0 Å². The average molecular weight is 381 g/mol. The number of nitrogens with two attached hydrogens (primary N) is 1. The van der Waals surface area contributed by atoms with E-state index in [0.717, 1.165) is 33.3 Å². The number of halogens is 2. The summed E-state index contributed by atoms with van der Waals surface area (Å²) in [6.45, 7) is 2.03. The van der Waals surface area contributed by atoms with E-state index in [1.165, 1.54) is 13.2 Å². The van der Waals surface area contributed by atoms with Crippen LogP contribution in [-0.2, 0) is 0 Å². The molecule has 3 N–H and O–H groups in total. The Morgan fingerprint density at radius 3 is 2.56 bits per heavy atom. The third-order valence-electron chi connectivity index (χ3n) is 4.70. The largest absolute Gasteiger partial charge is 0.497 e. The van der Waals surface area contributed by atoms with Gasteiger partial charge in [-0.05, 0) is 60.0 Å². The molecule has 3 aromatic carbocycles. The number of hydrogen-bond acceptors (Lipinski definition) is 2. The Morgan fingerprint density at radius 2 is 1.85 bits per heavy atom. The van der Waals surface area contributed by atoms with Crippen LogP contribution < -0.4 is 10.5 Å². The predicted octanol–water partition coefficient (Wildman–Crippen LogP) is 6.19. The van der Waals surface area contributed by atoms with E-state index in [1.54, 1.807) is 6.07 Å². The maximum atomic E-state index is 14.6. The number of benzene rings is 3. The van der Waals surface area contributed by atoms with Gasteiger partial charge in [-0.2, -0.15) is 0 Å². The molecular weight excluding hydrogens is 363 g/mol. The number of nitrogens with one attached hydrogen (secondary N) is 1. The lowest BCUT2D eigenvalue weighted by Crippen LogP contribution is -1.90. The molecule has 1 heterocycles. The van der Waals surface area contributed by atoms with Gasteiger partial charge < -0.3 is 15.5 Å². The molecule has 0 saturated heterocycles. The number of aryl methyl sites for hydroxylation is 1. The molecule has 0 aliphatic carbocycles. The molecule has 0 amide bonds. The van der Waals surface area contributed by atoms with Crippen molar-refractivity contribution in [3.8, 4) is 28.1 Å². The maximum Gasteiger partial charge on any atom is 0.137 e. The molecule has 5 heteroatoms. The fourth-order valence-corrected chi connectivity index (χ4v) is 3.67. The first-order valence-corrected chi connectivity index (χ1v) is 8.87. The second kappa shape index (κ2) is 6.63. The number of H-pyrrole nitrogens is 1. The number of hydrogen-bond donors (Lipinski definition) is 2. The van der Waals surface area contributed by atoms with Gasteiger partial charge >= 0.3 is 0 Å². The zero-order valence-electron chi connectivity index (χ0n) is 14.9. The summed E-state index contributed by atoms with van der Waals surface area (Å²) >= 11 is 6.29. The van der Waals surface area contributed by atoms with E-state index in [2.05, 4.69) is 11.1 Å². The Kier molecular flexibility index (Phi) is 4.28. The molecule has 0 fully saturated rings. The van der Waals surface area contributed by atoms with Crippen LogP contribution in [0.4, 0.5) is 10.1 Å². The van der Waals surface area contributed by atoms with Crippen molar-refractivity contribution in [1.29, 1.82) is 0 Å². The van der Waals surface area contributed by atoms with E-state index in [0.29, 0.717) is 22.0 Å². The topological polar surface area (TPSA) is 51.0 Å². The van der Waals surface area contributed by atoms with Crippen molar-refractivity contribution in [2.45, 2.75) is 6.92 Å². The first kappa shape index (κ1) is 17.4. The predicted molar refractivity (Wildman–Crippen MR) is 110 cm³/mol. The minimum atomic E-state index is -0.430. The standard InChI is InChI=1S/C22H18ClFN2O/c1-12-7-15(25)4-5-17(12)13-3-6-20-14(8-13)9-21(26-20)22-18(23)10-16(27-2)11-19(22)24/h3-11,26H,25H2,1-2H3. The Labute approximate surface area is 161 Å². The first-order valence-electron chi connectivity index (χ1n) is 8.49. The van der Waals surface area contributed by atoms with Crippen molar-refractivity contribution in [1.82, 2.24) is 4.98 Å². The van der Waals surface area contributed by atoms with E-state index in [-0.39, 0.29) is 0 Å². The maximum absolute atomic E-state index is 14.6. The van der Waals surface area contributed by atoms with Crippen molar-refractivity contribution < 1.29 is 9.13 Å². The molecule has 0 aliphatic heterocycles. The van der Waals surface area contributed by atoms with E-state index in [9.17, 15) is 4.39 Å². The number of methoxy groups -OCH3 is 1. The molecule has 0 aliphatic rings. The fourth-order valence-electron chi connectivity index (χ4n) is 3.37. The molecule has 27 heavy (non-hydrogen) atoms. The Bertz CT molecular complexity index is 1140. The molecule has 4 rings (SSSR count). The minimum absolute atomic E-state index is 0.299. The summed E-state index contributed by atoms with van der Waals surface area (Å²) in [5, 5.41) is 1.28. The number of rotatable bonds is 3. The van der Waals surface area contributed by atoms with E-state index < -0.39 is 5.82 Å². The number of ether oxygens (including phenoxy) is 1. The van der Waals surface area contributed by atoms with Crippen molar-refractivity contribution in [3.05, 3.63) is 71.0 Å². The number of nitrogen functional groups attached to an aromatic ring is 1. The quantitative estimate of drug-likeness (QED) is 0.416. The molecule has 0 unspecified atom stereocenters. The summed E-state index contributed by atoms with van der Waals surface area (Å²) in [7, 11) is 1.48. The van der Waals surface area contributed by atoms with Crippen LogP contribution in [0.2, 0.25) is 5.02 Å². The molecule has 0 radical (unpaired) electrons. The van der Waals surface area contributed by atoms with Crippen molar-refractivity contribution in [2.24, 2.45) is 0 Å². The van der Waals surface area contributed by atoms with Crippen LogP contribution in [-0.4, -0.2) is 12.1 Å². The van der Waals surface area contributed by atoms with Crippen molar-refractivity contribution in [2.75, 3.05) is 12.8 Å². The van der Waals surface area contributed by atoms with E-state index in [4.69, 9.17) is 22.1 Å². The Hall–Kier alpha value is -2.98. The SMILES string of the molecule is COc1cc(F)c(-c2cc3cc(-c4ccc(N)cc4C)ccc3[nH]2)c(Cl)c1. The van der Waals surface area contributed by atoms with Gasteiger partial charge in [0.2, 0.25) is 0 Å². The number of aromatic nitrogens is 1. The van der Waals surface area contributed by atoms with Gasteiger partial charge in [-0.15, -0.1) is 0 Å². The van der Waals surface area contributed by atoms with Gasteiger partial charge in [-0.25, -0.2) is 4.39 Å². The monoisotopic (exact) mass is 380 g/mol. The van der Waals surface area contributed by atoms with Crippen LogP contribution in [0.15, 0.2) is 54.6 Å². The summed E-state index contributed by atoms with van der Waals surface area (Å²) < 4.78 is 19.6. The highest BCUT2D eigenvalue weighted by Crippen LogP contribution is 2.36. The highest BCUT2D eigenvalue weighted by molar-refractivity contribution is 6.33. The summed E-state index contributed by atoms with van der Waals surface area (Å²) in [5.41, 5.74) is 11.8. The van der Waals surface area contributed by atoms with Gasteiger partial charge in [0.1, 0.15) is 11.6 Å². The van der Waals surface area contributed by atoms with Crippen molar-refractivity contribution >= 4 is 28.2 Å². The smallest absolute Gasteiger partial charge is 0.137 e. The van der Waals surface area contributed by atoms with Gasteiger partial charge in [-0.3, -0.25) is 0 Å². The lowest BCUT2D eigenvalue weighted by Gasteiger charge is -2.07. The molecule has 4 aromatic rings. The third kappa shape index (κ3) is 3.13.